The van der Waals surface area contributed by atoms with E-state index in [1.807, 2.05) is 17.8 Å². The van der Waals surface area contributed by atoms with E-state index in [1.54, 1.807) is 18.3 Å². The van der Waals surface area contributed by atoms with E-state index in [9.17, 15) is 15.0 Å². The monoisotopic (exact) mass is 388 g/mol. The lowest BCUT2D eigenvalue weighted by Crippen LogP contribution is -2.45. The number of aromatic nitrogens is 1. The number of carbonyl (C=O) groups excluding carboxylic acids is 1. The summed E-state index contributed by atoms with van der Waals surface area (Å²) < 4.78 is 5.89. The summed E-state index contributed by atoms with van der Waals surface area (Å²) in [6, 6.07) is 9.00. The molecule has 0 unspecified atom stereocenters. The molecule has 144 valence electrons. The van der Waals surface area contributed by atoms with Crippen LogP contribution in [-0.2, 0) is 13.0 Å². The first-order valence-electron chi connectivity index (χ1n) is 8.98. The summed E-state index contributed by atoms with van der Waals surface area (Å²) in [5, 5.41) is 19.1. The molecule has 7 heteroatoms. The highest BCUT2D eigenvalue weighted by Crippen LogP contribution is 2.27. The van der Waals surface area contributed by atoms with Gasteiger partial charge in [0.05, 0.1) is 11.6 Å². The molecule has 0 bridgehead atoms. The maximum Gasteiger partial charge on any atom is 0.157 e. The van der Waals surface area contributed by atoms with Crippen LogP contribution in [0.15, 0.2) is 36.5 Å². The second-order valence-corrected chi connectivity index (χ2v) is 7.55. The van der Waals surface area contributed by atoms with E-state index in [1.165, 1.54) is 6.07 Å². The Balaban J connectivity index is 1.69. The molecule has 1 aliphatic heterocycles. The van der Waals surface area contributed by atoms with E-state index < -0.39 is 0 Å². The predicted molar refractivity (Wildman–Crippen MR) is 106 cm³/mol. The number of nitrogens with zero attached hydrogens (tertiary/aromatic N) is 2. The van der Waals surface area contributed by atoms with Crippen LogP contribution in [0, 0.1) is 0 Å². The fourth-order valence-corrected chi connectivity index (χ4v) is 4.29. The van der Waals surface area contributed by atoms with Gasteiger partial charge in [0.25, 0.3) is 0 Å². The van der Waals surface area contributed by atoms with Crippen LogP contribution in [0.2, 0.25) is 0 Å². The highest BCUT2D eigenvalue weighted by molar-refractivity contribution is 7.99. The van der Waals surface area contributed by atoms with Crippen molar-refractivity contribution in [2.45, 2.75) is 19.0 Å². The first kappa shape index (κ1) is 19.7. The summed E-state index contributed by atoms with van der Waals surface area (Å²) in [6.45, 7) is 2.20. The summed E-state index contributed by atoms with van der Waals surface area (Å²) in [7, 11) is 0. The number of pyridine rings is 1. The van der Waals surface area contributed by atoms with Gasteiger partial charge in [-0.1, -0.05) is 12.1 Å². The lowest BCUT2D eigenvalue weighted by Gasteiger charge is -2.35. The van der Waals surface area contributed by atoms with E-state index in [0.717, 1.165) is 35.9 Å². The summed E-state index contributed by atoms with van der Waals surface area (Å²) in [5.74, 6) is 2.33. The van der Waals surface area contributed by atoms with Crippen LogP contribution >= 0.6 is 11.8 Å². The van der Waals surface area contributed by atoms with Crippen molar-refractivity contribution in [3.63, 3.8) is 0 Å². The molecule has 1 aliphatic rings. The Labute approximate surface area is 163 Å². The number of carbonyl (C=O) groups is 1. The molecule has 0 radical (unpaired) electrons. The van der Waals surface area contributed by atoms with Gasteiger partial charge >= 0.3 is 0 Å². The van der Waals surface area contributed by atoms with Crippen LogP contribution in [-0.4, -0.2) is 63.7 Å². The number of hydrogen-bond donors (Lipinski definition) is 2. The van der Waals surface area contributed by atoms with Crippen LogP contribution in [0.3, 0.4) is 0 Å². The van der Waals surface area contributed by atoms with Gasteiger partial charge < -0.3 is 14.9 Å². The Morgan fingerprint density at radius 1 is 1.33 bits per heavy atom. The van der Waals surface area contributed by atoms with Crippen LogP contribution in [0.1, 0.15) is 21.6 Å². The fourth-order valence-electron chi connectivity index (χ4n) is 3.18. The molecule has 1 atom stereocenters. The highest BCUT2D eigenvalue weighted by Gasteiger charge is 2.25. The Kier molecular flexibility index (Phi) is 7.09. The summed E-state index contributed by atoms with van der Waals surface area (Å²) in [5.41, 5.74) is 2.23. The zero-order valence-electron chi connectivity index (χ0n) is 15.1. The third-order valence-electron chi connectivity index (χ3n) is 4.65. The number of phenolic OH excluding ortho intramolecular Hbond substituents is 1. The number of aliphatic hydroxyl groups excluding tert-OH is 1. The van der Waals surface area contributed by atoms with Crippen molar-refractivity contribution in [3.8, 4) is 11.5 Å². The molecule has 0 aliphatic carbocycles. The second-order valence-electron chi connectivity index (χ2n) is 6.40. The van der Waals surface area contributed by atoms with Gasteiger partial charge in [0.15, 0.2) is 6.29 Å². The molecule has 1 fully saturated rings. The summed E-state index contributed by atoms with van der Waals surface area (Å²) >= 11 is 1.88. The molecule has 1 aromatic heterocycles. The summed E-state index contributed by atoms with van der Waals surface area (Å²) in [6.07, 6.45) is 2.92. The minimum atomic E-state index is -0.0682. The van der Waals surface area contributed by atoms with Crippen molar-refractivity contribution in [3.05, 3.63) is 53.3 Å². The number of thioether (sulfide) groups is 1. The zero-order valence-corrected chi connectivity index (χ0v) is 15.9. The number of aromatic hydroxyl groups is 1. The van der Waals surface area contributed by atoms with Crippen LogP contribution in [0.25, 0.3) is 0 Å². The van der Waals surface area contributed by atoms with E-state index >= 15 is 0 Å². The molecule has 0 spiro atoms. The molecule has 0 amide bonds. The second kappa shape index (κ2) is 9.73. The quantitative estimate of drug-likeness (QED) is 0.670. The molecular weight excluding hydrogens is 364 g/mol. The molecular formula is C20H24N2O4S. The van der Waals surface area contributed by atoms with Crippen molar-refractivity contribution in [2.75, 3.05) is 31.3 Å². The predicted octanol–water partition coefficient (Wildman–Crippen LogP) is 2.13. The number of hydrogen-bond acceptors (Lipinski definition) is 7. The van der Waals surface area contributed by atoms with Gasteiger partial charge in [-0.25, -0.2) is 0 Å². The molecule has 2 N–H and O–H groups in total. The molecule has 0 saturated carbocycles. The SMILES string of the molecule is O=Cc1c(O)cccc1OC[C@H]1CSCCN1Cc1cccnc1CCO. The Hall–Kier alpha value is -2.09. The Morgan fingerprint density at radius 2 is 2.22 bits per heavy atom. The topological polar surface area (TPSA) is 82.9 Å². The molecule has 6 nitrogen and oxygen atoms in total. The number of rotatable bonds is 8. The van der Waals surface area contributed by atoms with Gasteiger partial charge in [0.2, 0.25) is 0 Å². The number of aliphatic hydroxyl groups is 1. The average Bonchev–Trinajstić information content (AvgIpc) is 2.69. The van der Waals surface area contributed by atoms with Crippen LogP contribution in [0.4, 0.5) is 0 Å². The molecule has 27 heavy (non-hydrogen) atoms. The molecule has 1 saturated heterocycles. The summed E-state index contributed by atoms with van der Waals surface area (Å²) in [4.78, 5) is 18.0. The fraction of sp³-hybridized carbons (Fsp3) is 0.400. The largest absolute Gasteiger partial charge is 0.507 e. The number of benzene rings is 1. The van der Waals surface area contributed by atoms with E-state index in [4.69, 9.17) is 4.74 Å². The first-order chi connectivity index (χ1) is 13.2. The minimum Gasteiger partial charge on any atom is -0.507 e. The maximum atomic E-state index is 11.2. The van der Waals surface area contributed by atoms with Crippen LogP contribution in [0.5, 0.6) is 11.5 Å². The highest BCUT2D eigenvalue weighted by atomic mass is 32.2. The molecule has 3 rings (SSSR count). The van der Waals surface area contributed by atoms with Crippen molar-refractivity contribution < 1.29 is 19.7 Å². The Morgan fingerprint density at radius 3 is 3.04 bits per heavy atom. The molecule has 2 heterocycles. The number of phenols is 1. The Bertz CT molecular complexity index is 771. The van der Waals surface area contributed by atoms with Crippen LogP contribution < -0.4 is 4.74 Å². The van der Waals surface area contributed by atoms with E-state index in [2.05, 4.69) is 16.0 Å². The van der Waals surface area contributed by atoms with Gasteiger partial charge in [0.1, 0.15) is 18.1 Å². The maximum absolute atomic E-state index is 11.2. The zero-order chi connectivity index (χ0) is 19.1. The average molecular weight is 388 g/mol. The normalized spacial score (nSPS) is 17.6. The smallest absolute Gasteiger partial charge is 0.157 e. The van der Waals surface area contributed by atoms with Gasteiger partial charge in [-0.05, 0) is 23.8 Å². The number of ether oxygens (including phenoxy) is 1. The third kappa shape index (κ3) is 5.00. The van der Waals surface area contributed by atoms with Crippen molar-refractivity contribution in [1.82, 2.24) is 9.88 Å². The third-order valence-corrected chi connectivity index (χ3v) is 5.74. The van der Waals surface area contributed by atoms with Crippen molar-refractivity contribution >= 4 is 18.0 Å². The van der Waals surface area contributed by atoms with E-state index in [-0.39, 0.29) is 24.0 Å². The molecule has 2 aromatic rings. The first-order valence-corrected chi connectivity index (χ1v) is 10.1. The van der Waals surface area contributed by atoms with Gasteiger partial charge in [0, 0.05) is 49.5 Å². The lowest BCUT2D eigenvalue weighted by atomic mass is 10.1. The lowest BCUT2D eigenvalue weighted by molar-refractivity contribution is 0.111. The van der Waals surface area contributed by atoms with Gasteiger partial charge in [-0.15, -0.1) is 0 Å². The minimum absolute atomic E-state index is 0.0682. The van der Waals surface area contributed by atoms with Gasteiger partial charge in [-0.3, -0.25) is 14.7 Å². The van der Waals surface area contributed by atoms with Gasteiger partial charge in [-0.2, -0.15) is 11.8 Å². The van der Waals surface area contributed by atoms with Crippen molar-refractivity contribution in [2.24, 2.45) is 0 Å². The standard InChI is InChI=1S/C20H24N2O4S/c23-9-6-18-15(3-2-7-21-18)11-22-8-10-27-14-16(22)13-26-20-5-1-4-19(25)17(20)12-24/h1-5,7,12,16,23,25H,6,8-11,13-14H2/t16-/m0/s1. The van der Waals surface area contributed by atoms with E-state index in [0.29, 0.717) is 25.1 Å². The van der Waals surface area contributed by atoms with Crippen molar-refractivity contribution in [1.29, 1.82) is 0 Å². The molecule has 1 aromatic carbocycles. The number of aldehydes is 1.